The Hall–Kier alpha value is -2.77. The zero-order chi connectivity index (χ0) is 27.1. The fourth-order valence-corrected chi connectivity index (χ4v) is 11.6. The molecule has 0 saturated carbocycles. The summed E-state index contributed by atoms with van der Waals surface area (Å²) in [5, 5.41) is 3.89. The van der Waals surface area contributed by atoms with Crippen LogP contribution in [-0.4, -0.2) is 39.2 Å². The minimum atomic E-state index is -3.42. The molecule has 3 rings (SSSR count). The fourth-order valence-electron chi connectivity index (χ4n) is 5.17. The first-order valence-electron chi connectivity index (χ1n) is 11.9. The Morgan fingerprint density at radius 3 is 2.25 bits per heavy atom. The molecule has 1 aliphatic heterocycles. The van der Waals surface area contributed by atoms with E-state index in [1.54, 1.807) is 0 Å². The fraction of sp³-hybridized carbons (Fsp3) is 0.462. The van der Waals surface area contributed by atoms with E-state index >= 15 is 8.78 Å². The molecule has 36 heavy (non-hydrogen) atoms. The van der Waals surface area contributed by atoms with Gasteiger partial charge in [-0.25, -0.2) is 8.42 Å². The Balaban J connectivity index is 1.94. The Bertz CT molecular complexity index is 1410. The number of carbonyl (C=O) groups excluding carboxylic acids is 1. The second kappa shape index (κ2) is 9.94. The van der Waals surface area contributed by atoms with Crippen LogP contribution in [0.3, 0.4) is 0 Å². The molecule has 0 bridgehead atoms. The van der Waals surface area contributed by atoms with E-state index in [9.17, 15) is 18.0 Å². The van der Waals surface area contributed by atoms with E-state index in [-0.39, 0.29) is 39.0 Å². The van der Waals surface area contributed by atoms with Gasteiger partial charge in [0.1, 0.15) is 13.6 Å². The monoisotopic (exact) mass is 534 g/mol. The molecule has 194 valence electrons. The quantitative estimate of drug-likeness (QED) is 0.408. The van der Waals surface area contributed by atoms with Gasteiger partial charge < -0.3 is 10.3 Å². The van der Waals surface area contributed by atoms with Crippen molar-refractivity contribution >= 4 is 34.7 Å². The van der Waals surface area contributed by atoms with Crippen LogP contribution in [0.25, 0.3) is 10.9 Å². The van der Waals surface area contributed by atoms with Crippen molar-refractivity contribution in [3.8, 4) is 11.5 Å². The van der Waals surface area contributed by atoms with Crippen LogP contribution in [0.2, 0.25) is 16.6 Å². The summed E-state index contributed by atoms with van der Waals surface area (Å²) in [6, 6.07) is 4.40. The molecule has 2 aromatic rings. The average Bonchev–Trinajstić information content (AvgIpc) is 3.10. The molecule has 0 aliphatic carbocycles. The summed E-state index contributed by atoms with van der Waals surface area (Å²) in [5.74, 6) is -2.16. The maximum absolute atomic E-state index is 15.2. The normalized spacial score (nSPS) is 17.6. The molecule has 6 nitrogen and oxygen atoms in total. The molecule has 1 aromatic carbocycles. The number of amides is 1. The number of rotatable bonds is 6. The van der Waals surface area contributed by atoms with Gasteiger partial charge in [-0.1, -0.05) is 53.7 Å². The molecule has 0 radical (unpaired) electrons. The highest BCUT2D eigenvalue weighted by atomic mass is 32.2. The lowest BCUT2D eigenvalue weighted by Crippen LogP contribution is -2.43. The van der Waals surface area contributed by atoms with Gasteiger partial charge in [-0.05, 0) is 46.1 Å². The largest absolute Gasteiger partial charge is 0.345 e. The van der Waals surface area contributed by atoms with Crippen LogP contribution in [-0.2, 0) is 15.8 Å². The van der Waals surface area contributed by atoms with E-state index < -0.39 is 41.3 Å². The maximum atomic E-state index is 15.2. The lowest BCUT2D eigenvalue weighted by atomic mass is 10.0. The van der Waals surface area contributed by atoms with Crippen molar-refractivity contribution in [2.75, 3.05) is 5.75 Å². The maximum Gasteiger partial charge on any atom is 0.333 e. The Labute approximate surface area is 211 Å². The summed E-state index contributed by atoms with van der Waals surface area (Å²) in [6.45, 7) is 12.3. The first-order valence-corrected chi connectivity index (χ1v) is 15.9. The van der Waals surface area contributed by atoms with Crippen molar-refractivity contribution in [3.63, 3.8) is 0 Å². The summed E-state index contributed by atoms with van der Waals surface area (Å²) >= 11 is 0. The summed E-state index contributed by atoms with van der Waals surface area (Å²) in [6.07, 6.45) is 1.34. The highest BCUT2D eigenvalue weighted by molar-refractivity contribution is 7.94. The summed E-state index contributed by atoms with van der Waals surface area (Å²) in [4.78, 5) is 27.6. The molecule has 2 N–H and O–H groups in total. The molecule has 10 heteroatoms. The number of pyridine rings is 1. The van der Waals surface area contributed by atoms with Crippen LogP contribution < -0.4 is 10.9 Å². The number of fused-ring (bicyclic) bond motifs is 1. The topological polar surface area (TPSA) is 96.1 Å². The van der Waals surface area contributed by atoms with Gasteiger partial charge >= 0.3 is 5.92 Å². The van der Waals surface area contributed by atoms with Gasteiger partial charge in [0.15, 0.2) is 9.84 Å². The van der Waals surface area contributed by atoms with Gasteiger partial charge in [-0.15, -0.1) is 5.54 Å². The molecule has 1 aromatic heterocycles. The van der Waals surface area contributed by atoms with Crippen LogP contribution in [0.5, 0.6) is 0 Å². The zero-order valence-electron chi connectivity index (χ0n) is 21.3. The Morgan fingerprint density at radius 1 is 1.11 bits per heavy atom. The van der Waals surface area contributed by atoms with Gasteiger partial charge in [-0.2, -0.15) is 8.78 Å². The standard InChI is InChI=1S/C26H32F2N2O4SSi/c1-16(2)36(17(3)4,18(5)6)12-10-26(27,28)20-8-7-19-13-22(25(32)30-23(19)14-20)24(31)29-21-9-11-35(33,34)15-21/h7-9,11,13-14,16-18,21H,15H2,1-6H3,(H,29,31)(H,30,32)/t21-/m1/s1. The van der Waals surface area contributed by atoms with Crippen molar-refractivity contribution in [3.05, 3.63) is 57.2 Å². The van der Waals surface area contributed by atoms with Crippen molar-refractivity contribution in [2.24, 2.45) is 0 Å². The minimum Gasteiger partial charge on any atom is -0.345 e. The minimum absolute atomic E-state index is 0.152. The lowest BCUT2D eigenvalue weighted by molar-refractivity contribution is 0.0640. The van der Waals surface area contributed by atoms with E-state index in [1.807, 2.05) is 0 Å². The van der Waals surface area contributed by atoms with Gasteiger partial charge in [0.05, 0.1) is 11.8 Å². The number of sulfone groups is 1. The van der Waals surface area contributed by atoms with E-state index in [0.717, 1.165) is 5.41 Å². The molecule has 0 spiro atoms. The molecule has 1 amide bonds. The van der Waals surface area contributed by atoms with E-state index in [1.165, 1.54) is 30.3 Å². The smallest absolute Gasteiger partial charge is 0.333 e. The number of benzene rings is 1. The first kappa shape index (κ1) is 27.8. The van der Waals surface area contributed by atoms with Gasteiger partial charge in [0.2, 0.25) is 0 Å². The number of alkyl halides is 2. The summed E-state index contributed by atoms with van der Waals surface area (Å²) in [5.41, 5.74) is 2.50. The molecule has 1 aliphatic rings. The van der Waals surface area contributed by atoms with E-state index in [0.29, 0.717) is 5.39 Å². The third-order valence-corrected chi connectivity index (χ3v) is 14.7. The molecule has 2 heterocycles. The van der Waals surface area contributed by atoms with Crippen LogP contribution in [0.1, 0.15) is 57.5 Å². The number of halogens is 2. The van der Waals surface area contributed by atoms with E-state index in [4.69, 9.17) is 0 Å². The molecule has 0 fully saturated rings. The first-order chi connectivity index (χ1) is 16.6. The van der Waals surface area contributed by atoms with Gasteiger partial charge in [0, 0.05) is 16.5 Å². The second-order valence-electron chi connectivity index (χ2n) is 10.3. The number of hydrogen-bond acceptors (Lipinski definition) is 4. The van der Waals surface area contributed by atoms with Crippen LogP contribution in [0.4, 0.5) is 8.78 Å². The number of H-pyrrole nitrogens is 1. The van der Waals surface area contributed by atoms with Crippen LogP contribution in [0, 0.1) is 11.5 Å². The van der Waals surface area contributed by atoms with Crippen molar-refractivity contribution in [1.29, 1.82) is 0 Å². The Morgan fingerprint density at radius 2 is 1.72 bits per heavy atom. The zero-order valence-corrected chi connectivity index (χ0v) is 23.1. The SMILES string of the molecule is CC(C)[Si](C#CC(F)(F)c1ccc2cc(C(=O)N[C@@H]3C=CS(=O)(=O)C3)c(=O)[nH]c2c1)(C(C)C)C(C)C. The van der Waals surface area contributed by atoms with Crippen molar-refractivity contribution in [2.45, 2.75) is 70.1 Å². The predicted octanol–water partition coefficient (Wildman–Crippen LogP) is 4.88. The van der Waals surface area contributed by atoms with Crippen molar-refractivity contribution < 1.29 is 22.0 Å². The molecular formula is C26H32F2N2O4SSi. The van der Waals surface area contributed by atoms with Crippen molar-refractivity contribution in [1.82, 2.24) is 10.3 Å². The summed E-state index contributed by atoms with van der Waals surface area (Å²) in [7, 11) is -5.74. The number of hydrogen-bond donors (Lipinski definition) is 2. The highest BCUT2D eigenvalue weighted by Gasteiger charge is 2.43. The number of aromatic nitrogens is 1. The lowest BCUT2D eigenvalue weighted by Gasteiger charge is -2.38. The summed E-state index contributed by atoms with van der Waals surface area (Å²) < 4.78 is 53.6. The molecule has 0 unspecified atom stereocenters. The number of carbonyl (C=O) groups is 1. The van der Waals surface area contributed by atoms with Crippen LogP contribution in [0.15, 0.2) is 40.5 Å². The van der Waals surface area contributed by atoms with Crippen LogP contribution >= 0.6 is 0 Å². The molecule has 1 atom stereocenters. The van der Waals surface area contributed by atoms with E-state index in [2.05, 4.69) is 63.3 Å². The number of nitrogens with one attached hydrogen (secondary N) is 2. The molecular weight excluding hydrogens is 502 g/mol. The van der Waals surface area contributed by atoms with Gasteiger partial charge in [-0.3, -0.25) is 9.59 Å². The predicted molar refractivity (Wildman–Crippen MR) is 141 cm³/mol. The number of aromatic amines is 1. The Kier molecular flexibility index (Phi) is 7.68. The molecule has 0 saturated heterocycles. The highest BCUT2D eigenvalue weighted by Crippen LogP contribution is 2.41. The third kappa shape index (κ3) is 5.47. The third-order valence-electron chi connectivity index (χ3n) is 7.00. The van der Waals surface area contributed by atoms with Gasteiger partial charge in [0.25, 0.3) is 11.5 Å². The second-order valence-corrected chi connectivity index (χ2v) is 17.8. The average molecular weight is 535 g/mol.